The van der Waals surface area contributed by atoms with Gasteiger partial charge in [0, 0.05) is 0 Å². The molecule has 2 aliphatic carbocycles. The third kappa shape index (κ3) is 2.77. The number of carbonyl (C=O) groups is 2. The normalized spacial score (nSPS) is 38.5. The third-order valence-corrected chi connectivity index (χ3v) is 5.19. The zero-order chi connectivity index (χ0) is 14.0. The molecule has 4 nitrogen and oxygen atoms in total. The zero-order valence-electron chi connectivity index (χ0n) is 11.5. The molecule has 2 saturated carbocycles. The molecule has 0 saturated heterocycles. The van der Waals surface area contributed by atoms with Gasteiger partial charge in [0.1, 0.15) is 0 Å². The van der Waals surface area contributed by atoms with Gasteiger partial charge in [-0.25, -0.2) is 0 Å². The second kappa shape index (κ2) is 5.93. The Bertz CT molecular complexity index is 352. The lowest BCUT2D eigenvalue weighted by molar-refractivity contribution is -0.160. The van der Waals surface area contributed by atoms with E-state index in [9.17, 15) is 19.8 Å². The first-order valence-electron chi connectivity index (χ1n) is 7.51. The molecule has 5 unspecified atom stereocenters. The van der Waals surface area contributed by atoms with Crippen molar-refractivity contribution < 1.29 is 19.8 Å². The summed E-state index contributed by atoms with van der Waals surface area (Å²) >= 11 is 0. The molecule has 4 heteroatoms. The van der Waals surface area contributed by atoms with Crippen molar-refractivity contribution in [2.24, 2.45) is 29.6 Å². The Morgan fingerprint density at radius 2 is 1.79 bits per heavy atom. The van der Waals surface area contributed by atoms with E-state index in [2.05, 4.69) is 0 Å². The molecule has 0 bridgehead atoms. The number of aliphatic carboxylic acids is 2. The average molecular weight is 268 g/mol. The highest BCUT2D eigenvalue weighted by Crippen LogP contribution is 2.50. The van der Waals surface area contributed by atoms with E-state index in [-0.39, 0.29) is 11.8 Å². The quantitative estimate of drug-likeness (QED) is 0.822. The van der Waals surface area contributed by atoms with Crippen LogP contribution in [0.5, 0.6) is 0 Å². The summed E-state index contributed by atoms with van der Waals surface area (Å²) in [5, 5.41) is 19.0. The second-order valence-electron chi connectivity index (χ2n) is 6.21. The molecule has 0 aliphatic heterocycles. The molecule has 5 atom stereocenters. The number of carboxylic acid groups (broad SMARTS) is 2. The summed E-state index contributed by atoms with van der Waals surface area (Å²) in [5.41, 5.74) is 0. The summed E-state index contributed by atoms with van der Waals surface area (Å²) in [5.74, 6) is -2.14. The minimum atomic E-state index is -0.797. The van der Waals surface area contributed by atoms with E-state index in [1.807, 2.05) is 6.92 Å². The molecule has 2 aliphatic rings. The SMILES string of the molecule is CCCC1C(C(=O)O)CC2CCCCC2C1C(=O)O. The Morgan fingerprint density at radius 1 is 1.11 bits per heavy atom. The molecule has 0 aromatic carbocycles. The van der Waals surface area contributed by atoms with Gasteiger partial charge in [-0.2, -0.15) is 0 Å². The summed E-state index contributed by atoms with van der Waals surface area (Å²) in [6.45, 7) is 2.00. The van der Waals surface area contributed by atoms with Crippen LogP contribution in [0.1, 0.15) is 51.9 Å². The highest BCUT2D eigenvalue weighted by atomic mass is 16.4. The lowest BCUT2D eigenvalue weighted by Gasteiger charge is -2.46. The van der Waals surface area contributed by atoms with E-state index >= 15 is 0 Å². The number of rotatable bonds is 4. The monoisotopic (exact) mass is 268 g/mol. The summed E-state index contributed by atoms with van der Waals surface area (Å²) in [6, 6.07) is 0. The molecule has 0 heterocycles. The maximum absolute atomic E-state index is 11.7. The average Bonchev–Trinajstić information content (AvgIpc) is 2.37. The van der Waals surface area contributed by atoms with E-state index in [1.165, 1.54) is 0 Å². The van der Waals surface area contributed by atoms with Crippen LogP contribution in [0.25, 0.3) is 0 Å². The Hall–Kier alpha value is -1.06. The van der Waals surface area contributed by atoms with Crippen LogP contribution in [-0.4, -0.2) is 22.2 Å². The Kier molecular flexibility index (Phi) is 4.48. The largest absolute Gasteiger partial charge is 0.481 e. The fraction of sp³-hybridized carbons (Fsp3) is 0.867. The van der Waals surface area contributed by atoms with Gasteiger partial charge < -0.3 is 10.2 Å². The van der Waals surface area contributed by atoms with Crippen LogP contribution < -0.4 is 0 Å². The number of hydrogen-bond acceptors (Lipinski definition) is 2. The number of carboxylic acids is 2. The zero-order valence-corrected chi connectivity index (χ0v) is 11.5. The van der Waals surface area contributed by atoms with Gasteiger partial charge in [0.05, 0.1) is 11.8 Å². The number of hydrogen-bond donors (Lipinski definition) is 2. The fourth-order valence-corrected chi connectivity index (χ4v) is 4.43. The van der Waals surface area contributed by atoms with E-state index in [1.54, 1.807) is 0 Å². The molecule has 19 heavy (non-hydrogen) atoms. The Labute approximate surface area is 114 Å². The van der Waals surface area contributed by atoms with Crippen molar-refractivity contribution in [3.05, 3.63) is 0 Å². The lowest BCUT2D eigenvalue weighted by atomic mass is 9.57. The van der Waals surface area contributed by atoms with Crippen LogP contribution in [0, 0.1) is 29.6 Å². The van der Waals surface area contributed by atoms with Gasteiger partial charge in [-0.05, 0) is 37.0 Å². The lowest BCUT2D eigenvalue weighted by Crippen LogP contribution is -2.47. The Balaban J connectivity index is 2.28. The van der Waals surface area contributed by atoms with Gasteiger partial charge in [-0.1, -0.05) is 32.6 Å². The number of fused-ring (bicyclic) bond motifs is 1. The molecule has 0 spiro atoms. The summed E-state index contributed by atoms with van der Waals surface area (Å²) in [7, 11) is 0. The van der Waals surface area contributed by atoms with Crippen LogP contribution in [0.4, 0.5) is 0 Å². The first-order chi connectivity index (χ1) is 9.06. The molecule has 0 amide bonds. The van der Waals surface area contributed by atoms with Crippen LogP contribution in [0.2, 0.25) is 0 Å². The van der Waals surface area contributed by atoms with Gasteiger partial charge in [0.15, 0.2) is 0 Å². The van der Waals surface area contributed by atoms with Crippen LogP contribution in [0.15, 0.2) is 0 Å². The van der Waals surface area contributed by atoms with Crippen molar-refractivity contribution in [1.29, 1.82) is 0 Å². The van der Waals surface area contributed by atoms with E-state index in [4.69, 9.17) is 0 Å². The second-order valence-corrected chi connectivity index (χ2v) is 6.21. The highest BCUT2D eigenvalue weighted by molar-refractivity contribution is 5.75. The van der Waals surface area contributed by atoms with Gasteiger partial charge in [-0.15, -0.1) is 0 Å². The molecular formula is C15H24O4. The van der Waals surface area contributed by atoms with E-state index < -0.39 is 23.8 Å². The van der Waals surface area contributed by atoms with Crippen molar-refractivity contribution >= 4 is 11.9 Å². The molecule has 0 radical (unpaired) electrons. The van der Waals surface area contributed by atoms with Crippen molar-refractivity contribution in [3.63, 3.8) is 0 Å². The predicted molar refractivity (Wildman–Crippen MR) is 70.7 cm³/mol. The molecule has 2 N–H and O–H groups in total. The van der Waals surface area contributed by atoms with Gasteiger partial charge in [-0.3, -0.25) is 9.59 Å². The summed E-state index contributed by atoms with van der Waals surface area (Å²) in [6.07, 6.45) is 6.46. The van der Waals surface area contributed by atoms with Gasteiger partial charge >= 0.3 is 11.9 Å². The standard InChI is InChI=1S/C15H24O4/c1-2-5-11-12(14(16)17)8-9-6-3-4-7-10(9)13(11)15(18)19/h9-13H,2-8H2,1H3,(H,16,17)(H,18,19). The maximum Gasteiger partial charge on any atom is 0.307 e. The van der Waals surface area contributed by atoms with Crippen molar-refractivity contribution in [2.45, 2.75) is 51.9 Å². The Morgan fingerprint density at radius 3 is 2.37 bits per heavy atom. The predicted octanol–water partition coefficient (Wildman–Crippen LogP) is 3.01. The maximum atomic E-state index is 11.7. The molecule has 2 fully saturated rings. The van der Waals surface area contributed by atoms with Gasteiger partial charge in [0.25, 0.3) is 0 Å². The minimum absolute atomic E-state index is 0.181. The van der Waals surface area contributed by atoms with E-state index in [0.717, 1.165) is 38.5 Å². The first kappa shape index (κ1) is 14.4. The highest BCUT2D eigenvalue weighted by Gasteiger charge is 2.50. The van der Waals surface area contributed by atoms with Gasteiger partial charge in [0.2, 0.25) is 0 Å². The smallest absolute Gasteiger partial charge is 0.307 e. The summed E-state index contributed by atoms with van der Waals surface area (Å²) in [4.78, 5) is 23.2. The molecule has 0 aromatic heterocycles. The third-order valence-electron chi connectivity index (χ3n) is 5.19. The van der Waals surface area contributed by atoms with Crippen molar-refractivity contribution in [1.82, 2.24) is 0 Å². The molecule has 0 aromatic rings. The van der Waals surface area contributed by atoms with Crippen molar-refractivity contribution in [3.8, 4) is 0 Å². The topological polar surface area (TPSA) is 74.6 Å². The first-order valence-corrected chi connectivity index (χ1v) is 7.51. The van der Waals surface area contributed by atoms with Crippen molar-refractivity contribution in [2.75, 3.05) is 0 Å². The molecule has 2 rings (SSSR count). The van der Waals surface area contributed by atoms with Crippen LogP contribution in [0.3, 0.4) is 0 Å². The van der Waals surface area contributed by atoms with Crippen LogP contribution in [-0.2, 0) is 9.59 Å². The van der Waals surface area contributed by atoms with Crippen LogP contribution >= 0.6 is 0 Å². The molecular weight excluding hydrogens is 244 g/mol. The van der Waals surface area contributed by atoms with E-state index in [0.29, 0.717) is 12.3 Å². The molecule has 108 valence electrons. The summed E-state index contributed by atoms with van der Waals surface area (Å²) < 4.78 is 0. The minimum Gasteiger partial charge on any atom is -0.481 e. The fourth-order valence-electron chi connectivity index (χ4n) is 4.43.